The largest absolute Gasteiger partial charge is 0.507 e. The van der Waals surface area contributed by atoms with Crippen molar-refractivity contribution in [2.45, 2.75) is 6.92 Å². The maximum Gasteiger partial charge on any atom is 0.253 e. The Balaban J connectivity index is 2.35. The van der Waals surface area contributed by atoms with Gasteiger partial charge in [0.05, 0.1) is 17.7 Å². The SMILES string of the molecule is Cc1c(O)c(C=NCCN)c2nc3c(O)ccc(C(=O)NCCN)c3nc2c1O. The van der Waals surface area contributed by atoms with E-state index >= 15 is 0 Å². The number of nitrogens with two attached hydrogens (primary N) is 2. The molecule has 152 valence electrons. The number of aromatic nitrogens is 2. The molecule has 1 amide bonds. The van der Waals surface area contributed by atoms with Crippen LogP contribution >= 0.6 is 0 Å². The molecule has 1 heterocycles. The van der Waals surface area contributed by atoms with Crippen LogP contribution in [0.2, 0.25) is 0 Å². The third-order valence-corrected chi connectivity index (χ3v) is 4.40. The van der Waals surface area contributed by atoms with Crippen molar-refractivity contribution in [3.05, 3.63) is 28.8 Å². The van der Waals surface area contributed by atoms with E-state index in [1.165, 1.54) is 25.3 Å². The lowest BCUT2D eigenvalue weighted by atomic mass is 10.0. The van der Waals surface area contributed by atoms with Gasteiger partial charge in [-0.05, 0) is 19.1 Å². The second-order valence-electron chi connectivity index (χ2n) is 6.35. The zero-order valence-electron chi connectivity index (χ0n) is 15.8. The molecule has 8 N–H and O–H groups in total. The normalized spacial score (nSPS) is 11.6. The van der Waals surface area contributed by atoms with E-state index in [9.17, 15) is 20.1 Å². The molecule has 0 aliphatic carbocycles. The van der Waals surface area contributed by atoms with Crippen LogP contribution in [-0.4, -0.2) is 63.6 Å². The highest BCUT2D eigenvalue weighted by molar-refractivity contribution is 6.10. The third kappa shape index (κ3) is 3.62. The Kier molecular flexibility index (Phi) is 5.76. The standard InChI is InChI=1S/C19H22N6O4/c1-9-17(27)11(8-22-6-4-20)14-16(18(9)28)25-13-10(19(29)23-7-5-21)2-3-12(26)15(13)24-14/h2-3,8,26-28H,4-7,20-21H2,1H3,(H,23,29). The van der Waals surface area contributed by atoms with Gasteiger partial charge in [0, 0.05) is 31.4 Å². The number of phenolic OH excluding ortho intramolecular Hbond substituents is 3. The number of carbonyl (C=O) groups excluding carboxylic acids is 1. The molecule has 0 unspecified atom stereocenters. The van der Waals surface area contributed by atoms with Crippen LogP contribution in [0.15, 0.2) is 17.1 Å². The van der Waals surface area contributed by atoms with Gasteiger partial charge in [-0.25, -0.2) is 9.97 Å². The van der Waals surface area contributed by atoms with Crippen LogP contribution < -0.4 is 16.8 Å². The lowest BCUT2D eigenvalue weighted by Gasteiger charge is -2.13. The summed E-state index contributed by atoms with van der Waals surface area (Å²) in [6, 6.07) is 2.74. The van der Waals surface area contributed by atoms with Crippen LogP contribution in [0.4, 0.5) is 0 Å². The van der Waals surface area contributed by atoms with E-state index in [1.807, 2.05) is 0 Å². The number of nitrogens with one attached hydrogen (secondary N) is 1. The van der Waals surface area contributed by atoms with Gasteiger partial charge in [0.2, 0.25) is 0 Å². The Labute approximate surface area is 165 Å². The summed E-state index contributed by atoms with van der Waals surface area (Å²) in [6.07, 6.45) is 1.40. The number of nitrogens with zero attached hydrogens (tertiary/aromatic N) is 3. The molecule has 2 aromatic carbocycles. The number of amides is 1. The quantitative estimate of drug-likeness (QED) is 0.253. The number of hydrogen-bond acceptors (Lipinski definition) is 9. The minimum absolute atomic E-state index is 0.0500. The van der Waals surface area contributed by atoms with Gasteiger partial charge in [-0.15, -0.1) is 0 Å². The molecule has 3 aromatic rings. The molecule has 1 aromatic heterocycles. The van der Waals surface area contributed by atoms with E-state index in [2.05, 4.69) is 20.3 Å². The number of benzene rings is 2. The van der Waals surface area contributed by atoms with Crippen molar-refractivity contribution in [3.63, 3.8) is 0 Å². The Hall–Kier alpha value is -3.50. The number of phenols is 3. The van der Waals surface area contributed by atoms with Gasteiger partial charge in [0.25, 0.3) is 5.91 Å². The van der Waals surface area contributed by atoms with Gasteiger partial charge < -0.3 is 32.1 Å². The van der Waals surface area contributed by atoms with Gasteiger partial charge in [-0.1, -0.05) is 0 Å². The summed E-state index contributed by atoms with van der Waals surface area (Å²) in [7, 11) is 0. The van der Waals surface area contributed by atoms with Crippen LogP contribution in [0.1, 0.15) is 21.5 Å². The molecule has 3 rings (SSSR count). The third-order valence-electron chi connectivity index (χ3n) is 4.40. The molecule has 10 nitrogen and oxygen atoms in total. The van der Waals surface area contributed by atoms with Crippen molar-refractivity contribution < 1.29 is 20.1 Å². The zero-order valence-corrected chi connectivity index (χ0v) is 15.8. The highest BCUT2D eigenvalue weighted by Crippen LogP contribution is 2.38. The van der Waals surface area contributed by atoms with E-state index in [0.29, 0.717) is 13.1 Å². The summed E-state index contributed by atoms with van der Waals surface area (Å²) in [6.45, 7) is 2.71. The number of aromatic hydroxyl groups is 3. The Morgan fingerprint density at radius 2 is 1.79 bits per heavy atom. The fourth-order valence-electron chi connectivity index (χ4n) is 2.90. The monoisotopic (exact) mass is 398 g/mol. The lowest BCUT2D eigenvalue weighted by molar-refractivity contribution is 0.0956. The average molecular weight is 398 g/mol. The first-order valence-electron chi connectivity index (χ1n) is 8.96. The van der Waals surface area contributed by atoms with E-state index in [1.54, 1.807) is 0 Å². The molecule has 10 heteroatoms. The molecule has 0 aliphatic rings. The van der Waals surface area contributed by atoms with Crippen molar-refractivity contribution in [2.24, 2.45) is 16.5 Å². The molecule has 0 atom stereocenters. The van der Waals surface area contributed by atoms with Crippen LogP contribution in [-0.2, 0) is 0 Å². The number of rotatable bonds is 6. The van der Waals surface area contributed by atoms with Crippen molar-refractivity contribution >= 4 is 34.2 Å². The number of hydrogen-bond donors (Lipinski definition) is 6. The van der Waals surface area contributed by atoms with Gasteiger partial charge in [-0.3, -0.25) is 9.79 Å². The second-order valence-corrected chi connectivity index (χ2v) is 6.35. The van der Waals surface area contributed by atoms with Gasteiger partial charge in [0.1, 0.15) is 39.3 Å². The highest BCUT2D eigenvalue weighted by Gasteiger charge is 2.21. The summed E-state index contributed by atoms with van der Waals surface area (Å²) in [4.78, 5) is 25.4. The van der Waals surface area contributed by atoms with Gasteiger partial charge in [-0.2, -0.15) is 0 Å². The minimum Gasteiger partial charge on any atom is -0.507 e. The summed E-state index contributed by atoms with van der Waals surface area (Å²) in [5.41, 5.74) is 11.8. The number of aliphatic imine (C=N–C) groups is 1. The predicted octanol–water partition coefficient (Wildman–Crippen LogP) is 0.274. The minimum atomic E-state index is -0.436. The molecule has 0 radical (unpaired) electrons. The first-order chi connectivity index (χ1) is 13.9. The second kappa shape index (κ2) is 8.25. The summed E-state index contributed by atoms with van der Waals surface area (Å²) >= 11 is 0. The van der Waals surface area contributed by atoms with Crippen molar-refractivity contribution in [3.8, 4) is 17.2 Å². The molecule has 0 saturated carbocycles. The fraction of sp³-hybridized carbons (Fsp3) is 0.263. The Morgan fingerprint density at radius 1 is 1.07 bits per heavy atom. The molecule has 0 saturated heterocycles. The first-order valence-corrected chi connectivity index (χ1v) is 8.96. The van der Waals surface area contributed by atoms with Crippen LogP contribution in [0.5, 0.6) is 17.2 Å². The smallest absolute Gasteiger partial charge is 0.253 e. The van der Waals surface area contributed by atoms with Crippen LogP contribution in [0.3, 0.4) is 0 Å². The zero-order chi connectivity index (χ0) is 21.1. The summed E-state index contributed by atoms with van der Waals surface area (Å²) in [5, 5.41) is 33.9. The summed E-state index contributed by atoms with van der Waals surface area (Å²) < 4.78 is 0. The van der Waals surface area contributed by atoms with Gasteiger partial charge in [0.15, 0.2) is 0 Å². The topological polar surface area (TPSA) is 180 Å². The van der Waals surface area contributed by atoms with Gasteiger partial charge >= 0.3 is 0 Å². The maximum absolute atomic E-state index is 12.5. The molecule has 0 fully saturated rings. The summed E-state index contributed by atoms with van der Waals surface area (Å²) in [5.74, 6) is -1.12. The number of carbonyl (C=O) groups is 1. The molecule has 0 aliphatic heterocycles. The molecule has 0 bridgehead atoms. The maximum atomic E-state index is 12.5. The predicted molar refractivity (Wildman–Crippen MR) is 110 cm³/mol. The molecule has 29 heavy (non-hydrogen) atoms. The average Bonchev–Trinajstić information content (AvgIpc) is 2.72. The lowest BCUT2D eigenvalue weighted by Crippen LogP contribution is -2.29. The van der Waals surface area contributed by atoms with Crippen LogP contribution in [0, 0.1) is 6.92 Å². The van der Waals surface area contributed by atoms with E-state index in [0.717, 1.165) is 0 Å². The Morgan fingerprint density at radius 3 is 2.48 bits per heavy atom. The fourth-order valence-corrected chi connectivity index (χ4v) is 2.90. The van der Waals surface area contributed by atoms with Crippen molar-refractivity contribution in [2.75, 3.05) is 26.2 Å². The van der Waals surface area contributed by atoms with Crippen molar-refractivity contribution in [1.82, 2.24) is 15.3 Å². The van der Waals surface area contributed by atoms with Crippen molar-refractivity contribution in [1.29, 1.82) is 0 Å². The first kappa shape index (κ1) is 20.2. The Bertz CT molecular complexity index is 1130. The van der Waals surface area contributed by atoms with Crippen LogP contribution in [0.25, 0.3) is 22.1 Å². The van der Waals surface area contributed by atoms with E-state index < -0.39 is 5.91 Å². The van der Waals surface area contributed by atoms with E-state index in [4.69, 9.17) is 11.5 Å². The number of fused-ring (bicyclic) bond motifs is 2. The molecular weight excluding hydrogens is 376 g/mol. The molecular formula is C19H22N6O4. The van der Waals surface area contributed by atoms with E-state index in [-0.39, 0.29) is 69.1 Å². The molecule has 0 spiro atoms. The highest BCUT2D eigenvalue weighted by atomic mass is 16.3.